The summed E-state index contributed by atoms with van der Waals surface area (Å²) in [7, 11) is 0. The fourth-order valence-corrected chi connectivity index (χ4v) is 1.85. The van der Waals surface area contributed by atoms with Gasteiger partial charge in [0.2, 0.25) is 0 Å². The van der Waals surface area contributed by atoms with Crippen molar-refractivity contribution < 1.29 is 9.90 Å². The fourth-order valence-electron chi connectivity index (χ4n) is 1.85. The number of benzene rings is 1. The van der Waals surface area contributed by atoms with Crippen molar-refractivity contribution in [3.05, 3.63) is 35.4 Å². The molecule has 3 nitrogen and oxygen atoms in total. The van der Waals surface area contributed by atoms with Gasteiger partial charge >= 0.3 is 5.97 Å². The van der Waals surface area contributed by atoms with E-state index in [1.165, 1.54) is 0 Å². The third kappa shape index (κ3) is 1.40. The number of hydrogen-bond donors (Lipinski definition) is 2. The van der Waals surface area contributed by atoms with Crippen molar-refractivity contribution in [2.75, 3.05) is 6.54 Å². The van der Waals surface area contributed by atoms with E-state index in [2.05, 4.69) is 5.32 Å². The van der Waals surface area contributed by atoms with Gasteiger partial charge in [-0.15, -0.1) is 0 Å². The second-order valence-electron chi connectivity index (χ2n) is 3.69. The largest absolute Gasteiger partial charge is 0.481 e. The second-order valence-corrected chi connectivity index (χ2v) is 3.69. The van der Waals surface area contributed by atoms with Crippen LogP contribution in [0, 0.1) is 12.8 Å². The van der Waals surface area contributed by atoms with Gasteiger partial charge in [0.1, 0.15) is 0 Å². The van der Waals surface area contributed by atoms with Gasteiger partial charge in [-0.2, -0.15) is 0 Å². The molecule has 2 unspecified atom stereocenters. The third-order valence-electron chi connectivity index (χ3n) is 2.80. The maximum Gasteiger partial charge on any atom is 0.309 e. The predicted molar refractivity (Wildman–Crippen MR) is 53.0 cm³/mol. The van der Waals surface area contributed by atoms with E-state index in [-0.39, 0.29) is 12.0 Å². The molecule has 0 bridgehead atoms. The summed E-state index contributed by atoms with van der Waals surface area (Å²) < 4.78 is 0. The van der Waals surface area contributed by atoms with Crippen molar-refractivity contribution in [3.8, 4) is 0 Å². The Morgan fingerprint density at radius 2 is 2.21 bits per heavy atom. The highest BCUT2D eigenvalue weighted by Crippen LogP contribution is 2.31. The monoisotopic (exact) mass is 191 g/mol. The molecule has 0 aliphatic carbocycles. The lowest BCUT2D eigenvalue weighted by Crippen LogP contribution is -2.49. The van der Waals surface area contributed by atoms with Gasteiger partial charge in [-0.3, -0.25) is 4.79 Å². The van der Waals surface area contributed by atoms with Crippen molar-refractivity contribution in [2.45, 2.75) is 13.0 Å². The van der Waals surface area contributed by atoms with Crippen LogP contribution in [0.1, 0.15) is 17.2 Å². The molecular formula is C11H13NO2. The number of carboxylic acids is 1. The molecule has 3 heteroatoms. The zero-order chi connectivity index (χ0) is 10.1. The van der Waals surface area contributed by atoms with Crippen LogP contribution in [-0.4, -0.2) is 17.6 Å². The molecule has 0 amide bonds. The molecule has 2 atom stereocenters. The summed E-state index contributed by atoms with van der Waals surface area (Å²) >= 11 is 0. The van der Waals surface area contributed by atoms with Crippen LogP contribution in [0.15, 0.2) is 24.3 Å². The van der Waals surface area contributed by atoms with E-state index in [4.69, 9.17) is 5.11 Å². The minimum absolute atomic E-state index is 0.00583. The quantitative estimate of drug-likeness (QED) is 0.741. The fraction of sp³-hybridized carbons (Fsp3) is 0.364. The summed E-state index contributed by atoms with van der Waals surface area (Å²) in [4.78, 5) is 10.8. The molecule has 1 aromatic rings. The number of carboxylic acid groups (broad SMARTS) is 1. The molecule has 1 aliphatic heterocycles. The van der Waals surface area contributed by atoms with Crippen LogP contribution < -0.4 is 5.32 Å². The first-order valence-electron chi connectivity index (χ1n) is 4.72. The molecule has 1 aromatic carbocycles. The lowest BCUT2D eigenvalue weighted by molar-refractivity contribution is -0.145. The summed E-state index contributed by atoms with van der Waals surface area (Å²) in [6, 6.07) is 7.90. The molecule has 1 saturated heterocycles. The summed E-state index contributed by atoms with van der Waals surface area (Å²) in [6.45, 7) is 2.59. The van der Waals surface area contributed by atoms with Crippen molar-refractivity contribution in [2.24, 2.45) is 5.92 Å². The minimum Gasteiger partial charge on any atom is -0.481 e. The molecule has 1 heterocycles. The first-order chi connectivity index (χ1) is 6.70. The van der Waals surface area contributed by atoms with Gasteiger partial charge in [-0.05, 0) is 18.1 Å². The topological polar surface area (TPSA) is 49.3 Å². The smallest absolute Gasteiger partial charge is 0.309 e. The molecule has 14 heavy (non-hydrogen) atoms. The van der Waals surface area contributed by atoms with Gasteiger partial charge in [0, 0.05) is 12.6 Å². The molecule has 0 radical (unpaired) electrons. The number of carbonyl (C=O) groups is 1. The summed E-state index contributed by atoms with van der Waals surface area (Å²) in [5.74, 6) is -0.979. The van der Waals surface area contributed by atoms with E-state index in [9.17, 15) is 4.79 Å². The molecule has 2 rings (SSSR count). The minimum atomic E-state index is -0.711. The maximum atomic E-state index is 10.8. The molecule has 0 saturated carbocycles. The molecule has 1 fully saturated rings. The Hall–Kier alpha value is -1.35. The van der Waals surface area contributed by atoms with Gasteiger partial charge in [0.25, 0.3) is 0 Å². The van der Waals surface area contributed by atoms with Crippen LogP contribution >= 0.6 is 0 Å². The number of nitrogens with one attached hydrogen (secondary N) is 1. The first kappa shape index (κ1) is 9.21. The highest BCUT2D eigenvalue weighted by molar-refractivity contribution is 5.73. The lowest BCUT2D eigenvalue weighted by Gasteiger charge is -2.36. The lowest BCUT2D eigenvalue weighted by atomic mass is 9.84. The average Bonchev–Trinajstić information content (AvgIpc) is 2.05. The van der Waals surface area contributed by atoms with E-state index >= 15 is 0 Å². The predicted octanol–water partition coefficient (Wildman–Crippen LogP) is 1.34. The highest BCUT2D eigenvalue weighted by atomic mass is 16.4. The summed E-state index contributed by atoms with van der Waals surface area (Å²) in [5.41, 5.74) is 2.25. The zero-order valence-corrected chi connectivity index (χ0v) is 8.03. The Morgan fingerprint density at radius 1 is 1.50 bits per heavy atom. The van der Waals surface area contributed by atoms with Crippen molar-refractivity contribution >= 4 is 5.97 Å². The van der Waals surface area contributed by atoms with Crippen LogP contribution in [0.2, 0.25) is 0 Å². The second kappa shape index (κ2) is 3.42. The number of hydrogen-bond acceptors (Lipinski definition) is 2. The van der Waals surface area contributed by atoms with Gasteiger partial charge in [-0.25, -0.2) is 0 Å². The zero-order valence-electron chi connectivity index (χ0n) is 8.03. The molecule has 0 aromatic heterocycles. The third-order valence-corrected chi connectivity index (χ3v) is 2.80. The van der Waals surface area contributed by atoms with E-state index in [1.807, 2.05) is 31.2 Å². The number of aryl methyl sites for hydroxylation is 1. The Labute approximate surface area is 82.8 Å². The van der Waals surface area contributed by atoms with Gasteiger partial charge < -0.3 is 10.4 Å². The molecule has 1 aliphatic rings. The van der Waals surface area contributed by atoms with E-state index in [0.717, 1.165) is 11.1 Å². The summed E-state index contributed by atoms with van der Waals surface area (Å²) in [6.07, 6.45) is 0. The molecule has 2 N–H and O–H groups in total. The molecule has 74 valence electrons. The molecular weight excluding hydrogens is 178 g/mol. The van der Waals surface area contributed by atoms with Crippen molar-refractivity contribution in [1.29, 1.82) is 0 Å². The molecule has 0 spiro atoms. The normalized spacial score (nSPS) is 25.5. The Kier molecular flexibility index (Phi) is 2.25. The SMILES string of the molecule is Cc1ccccc1C1NCC1C(=O)O. The Morgan fingerprint density at radius 3 is 2.71 bits per heavy atom. The van der Waals surface area contributed by atoms with Gasteiger partial charge in [-0.1, -0.05) is 24.3 Å². The standard InChI is InChI=1S/C11H13NO2/c1-7-4-2-3-5-8(7)10-9(6-12-10)11(13)14/h2-5,9-10,12H,6H2,1H3,(H,13,14). The van der Waals surface area contributed by atoms with Crippen LogP contribution in [0.4, 0.5) is 0 Å². The van der Waals surface area contributed by atoms with Gasteiger partial charge in [0.15, 0.2) is 0 Å². The van der Waals surface area contributed by atoms with Crippen LogP contribution in [-0.2, 0) is 4.79 Å². The maximum absolute atomic E-state index is 10.8. The van der Waals surface area contributed by atoms with Gasteiger partial charge in [0.05, 0.1) is 5.92 Å². The van der Waals surface area contributed by atoms with Crippen molar-refractivity contribution in [3.63, 3.8) is 0 Å². The Balaban J connectivity index is 2.24. The van der Waals surface area contributed by atoms with E-state index < -0.39 is 5.97 Å². The van der Waals surface area contributed by atoms with E-state index in [0.29, 0.717) is 6.54 Å². The number of rotatable bonds is 2. The van der Waals surface area contributed by atoms with Crippen LogP contribution in [0.3, 0.4) is 0 Å². The average molecular weight is 191 g/mol. The highest BCUT2D eigenvalue weighted by Gasteiger charge is 2.37. The first-order valence-corrected chi connectivity index (χ1v) is 4.72. The summed E-state index contributed by atoms with van der Waals surface area (Å²) in [5, 5.41) is 12.1. The van der Waals surface area contributed by atoms with Crippen LogP contribution in [0.5, 0.6) is 0 Å². The van der Waals surface area contributed by atoms with E-state index in [1.54, 1.807) is 0 Å². The van der Waals surface area contributed by atoms with Crippen molar-refractivity contribution in [1.82, 2.24) is 5.32 Å². The Bertz CT molecular complexity index is 362. The van der Waals surface area contributed by atoms with Crippen LogP contribution in [0.25, 0.3) is 0 Å². The number of aliphatic carboxylic acids is 1.